The van der Waals surface area contributed by atoms with E-state index >= 15 is 0 Å². The van der Waals surface area contributed by atoms with E-state index in [0.29, 0.717) is 12.8 Å². The zero-order chi connectivity index (χ0) is 15.5. The largest absolute Gasteiger partial charge is 0.481 e. The zero-order valence-corrected chi connectivity index (χ0v) is 12.9. The van der Waals surface area contributed by atoms with Crippen LogP contribution in [0, 0.1) is 11.7 Å². The Morgan fingerprint density at radius 3 is 2.64 bits per heavy atom. The van der Waals surface area contributed by atoms with Gasteiger partial charge in [0.05, 0.1) is 12.0 Å². The SMILES string of the molecule is O=C(O)C1CCN(C(c2cccc(F)c2)c2cccs2)CC1. The molecular formula is C17H18FNO2S. The second kappa shape index (κ2) is 6.58. The van der Waals surface area contributed by atoms with Crippen molar-refractivity contribution in [2.75, 3.05) is 13.1 Å². The first-order valence-electron chi connectivity index (χ1n) is 7.41. The highest BCUT2D eigenvalue weighted by atomic mass is 32.1. The number of hydrogen-bond acceptors (Lipinski definition) is 3. The normalized spacial score (nSPS) is 18.2. The van der Waals surface area contributed by atoms with E-state index in [-0.39, 0.29) is 17.8 Å². The zero-order valence-electron chi connectivity index (χ0n) is 12.1. The van der Waals surface area contributed by atoms with Gasteiger partial charge in [0.25, 0.3) is 0 Å². The monoisotopic (exact) mass is 319 g/mol. The van der Waals surface area contributed by atoms with Gasteiger partial charge in [-0.25, -0.2) is 4.39 Å². The molecule has 1 atom stereocenters. The van der Waals surface area contributed by atoms with Crippen molar-refractivity contribution in [2.45, 2.75) is 18.9 Å². The lowest BCUT2D eigenvalue weighted by Crippen LogP contribution is -2.39. The standard InChI is InChI=1S/C17H18FNO2S/c18-14-4-1-3-13(11-14)16(15-5-2-10-22-15)19-8-6-12(7-9-19)17(20)21/h1-5,10-12,16H,6-9H2,(H,20,21). The molecule has 1 unspecified atom stereocenters. The molecule has 1 aliphatic heterocycles. The van der Waals surface area contributed by atoms with E-state index in [1.807, 2.05) is 17.5 Å². The van der Waals surface area contributed by atoms with Crippen molar-refractivity contribution in [1.82, 2.24) is 4.90 Å². The third kappa shape index (κ3) is 3.20. The molecule has 3 rings (SSSR count). The molecular weight excluding hydrogens is 301 g/mol. The summed E-state index contributed by atoms with van der Waals surface area (Å²) in [5.41, 5.74) is 0.927. The Kier molecular flexibility index (Phi) is 4.55. The molecule has 0 amide bonds. The highest BCUT2D eigenvalue weighted by Crippen LogP contribution is 2.34. The minimum atomic E-state index is -0.710. The highest BCUT2D eigenvalue weighted by Gasteiger charge is 2.30. The fourth-order valence-electron chi connectivity index (χ4n) is 3.08. The van der Waals surface area contributed by atoms with Crippen LogP contribution in [0.2, 0.25) is 0 Å². The minimum absolute atomic E-state index is 0.00504. The molecule has 1 aromatic carbocycles. The van der Waals surface area contributed by atoms with Crippen molar-refractivity contribution in [3.05, 3.63) is 58.0 Å². The molecule has 116 valence electrons. The molecule has 0 bridgehead atoms. The van der Waals surface area contributed by atoms with E-state index in [2.05, 4.69) is 11.0 Å². The third-order valence-corrected chi connectivity index (χ3v) is 5.15. The number of nitrogens with zero attached hydrogens (tertiary/aromatic N) is 1. The maximum Gasteiger partial charge on any atom is 0.306 e. The second-order valence-electron chi connectivity index (χ2n) is 5.62. The summed E-state index contributed by atoms with van der Waals surface area (Å²) in [6, 6.07) is 10.8. The Hall–Kier alpha value is -1.72. The second-order valence-corrected chi connectivity index (χ2v) is 6.60. The number of carboxylic acid groups (broad SMARTS) is 1. The molecule has 3 nitrogen and oxygen atoms in total. The molecule has 1 N–H and O–H groups in total. The summed E-state index contributed by atoms with van der Waals surface area (Å²) in [7, 11) is 0. The van der Waals surface area contributed by atoms with E-state index < -0.39 is 5.97 Å². The number of likely N-dealkylation sites (tertiary alicyclic amines) is 1. The predicted octanol–water partition coefficient (Wildman–Crippen LogP) is 3.77. The maximum atomic E-state index is 13.6. The molecule has 0 aliphatic carbocycles. The fraction of sp³-hybridized carbons (Fsp3) is 0.353. The van der Waals surface area contributed by atoms with Gasteiger partial charge in [-0.05, 0) is 55.1 Å². The molecule has 1 aromatic heterocycles. The highest BCUT2D eigenvalue weighted by molar-refractivity contribution is 7.10. The number of halogens is 1. The van der Waals surface area contributed by atoms with Gasteiger partial charge >= 0.3 is 5.97 Å². The van der Waals surface area contributed by atoms with Crippen molar-refractivity contribution in [2.24, 2.45) is 5.92 Å². The summed E-state index contributed by atoms with van der Waals surface area (Å²) in [6.45, 7) is 1.44. The molecule has 2 heterocycles. The van der Waals surface area contributed by atoms with Gasteiger partial charge in [-0.15, -0.1) is 11.3 Å². The first-order chi connectivity index (χ1) is 10.6. The Morgan fingerprint density at radius 1 is 1.27 bits per heavy atom. The molecule has 1 fully saturated rings. The number of thiophene rings is 1. The summed E-state index contributed by atoms with van der Waals surface area (Å²) in [4.78, 5) is 14.5. The van der Waals surface area contributed by atoms with Gasteiger partial charge in [0, 0.05) is 4.88 Å². The lowest BCUT2D eigenvalue weighted by Gasteiger charge is -2.36. The molecule has 0 spiro atoms. The Labute approximate surface area is 133 Å². The molecule has 0 radical (unpaired) electrons. The molecule has 1 aliphatic rings. The van der Waals surface area contributed by atoms with Gasteiger partial charge in [0.15, 0.2) is 0 Å². The van der Waals surface area contributed by atoms with Gasteiger partial charge in [0.2, 0.25) is 0 Å². The lowest BCUT2D eigenvalue weighted by atomic mass is 9.94. The topological polar surface area (TPSA) is 40.5 Å². The van der Waals surface area contributed by atoms with Crippen LogP contribution < -0.4 is 0 Å². The quantitative estimate of drug-likeness (QED) is 0.932. The maximum absolute atomic E-state index is 13.6. The smallest absolute Gasteiger partial charge is 0.306 e. The van der Waals surface area contributed by atoms with Gasteiger partial charge in [-0.3, -0.25) is 9.69 Å². The molecule has 1 saturated heterocycles. The molecule has 22 heavy (non-hydrogen) atoms. The minimum Gasteiger partial charge on any atom is -0.481 e. The molecule has 5 heteroatoms. The summed E-state index contributed by atoms with van der Waals surface area (Å²) >= 11 is 1.65. The van der Waals surface area contributed by atoms with E-state index in [1.54, 1.807) is 23.5 Å². The van der Waals surface area contributed by atoms with Crippen LogP contribution in [0.5, 0.6) is 0 Å². The molecule has 0 saturated carbocycles. The van der Waals surface area contributed by atoms with Crippen LogP contribution in [0.25, 0.3) is 0 Å². The number of benzene rings is 1. The van der Waals surface area contributed by atoms with E-state index in [4.69, 9.17) is 5.11 Å². The van der Waals surface area contributed by atoms with E-state index in [0.717, 1.165) is 18.7 Å². The number of carboxylic acids is 1. The number of rotatable bonds is 4. The predicted molar refractivity (Wildman–Crippen MR) is 84.5 cm³/mol. The van der Waals surface area contributed by atoms with Gasteiger partial charge in [-0.1, -0.05) is 18.2 Å². The van der Waals surface area contributed by atoms with Crippen LogP contribution in [0.15, 0.2) is 41.8 Å². The van der Waals surface area contributed by atoms with Gasteiger partial charge in [0.1, 0.15) is 5.82 Å². The van der Waals surface area contributed by atoms with Crippen LogP contribution in [-0.2, 0) is 4.79 Å². The van der Waals surface area contributed by atoms with Crippen molar-refractivity contribution >= 4 is 17.3 Å². The number of hydrogen-bond donors (Lipinski definition) is 1. The Morgan fingerprint density at radius 2 is 2.05 bits per heavy atom. The van der Waals surface area contributed by atoms with E-state index in [9.17, 15) is 9.18 Å². The summed E-state index contributed by atoms with van der Waals surface area (Å²) in [6.07, 6.45) is 1.29. The van der Waals surface area contributed by atoms with Crippen LogP contribution in [0.1, 0.15) is 29.3 Å². The van der Waals surface area contributed by atoms with Gasteiger partial charge in [-0.2, -0.15) is 0 Å². The number of carbonyl (C=O) groups is 1. The summed E-state index contributed by atoms with van der Waals surface area (Å²) in [5.74, 6) is -1.20. The van der Waals surface area contributed by atoms with Crippen molar-refractivity contribution in [1.29, 1.82) is 0 Å². The van der Waals surface area contributed by atoms with Crippen LogP contribution in [0.3, 0.4) is 0 Å². The average Bonchev–Trinajstić information content (AvgIpc) is 3.02. The summed E-state index contributed by atoms with van der Waals surface area (Å²) in [5, 5.41) is 11.2. The van der Waals surface area contributed by atoms with Crippen molar-refractivity contribution in [3.63, 3.8) is 0 Å². The van der Waals surface area contributed by atoms with Crippen LogP contribution >= 0.6 is 11.3 Å². The van der Waals surface area contributed by atoms with Crippen molar-refractivity contribution in [3.8, 4) is 0 Å². The van der Waals surface area contributed by atoms with Gasteiger partial charge < -0.3 is 5.11 Å². The Bertz CT molecular complexity index is 636. The number of aliphatic carboxylic acids is 1. The van der Waals surface area contributed by atoms with Crippen molar-refractivity contribution < 1.29 is 14.3 Å². The lowest BCUT2D eigenvalue weighted by molar-refractivity contribution is -0.143. The van der Waals surface area contributed by atoms with E-state index in [1.165, 1.54) is 10.9 Å². The van der Waals surface area contributed by atoms with Crippen LogP contribution in [0.4, 0.5) is 4.39 Å². The first kappa shape index (κ1) is 15.2. The fourth-order valence-corrected chi connectivity index (χ4v) is 3.97. The first-order valence-corrected chi connectivity index (χ1v) is 8.29. The summed E-state index contributed by atoms with van der Waals surface area (Å²) < 4.78 is 13.6. The van der Waals surface area contributed by atoms with Crippen LogP contribution in [-0.4, -0.2) is 29.1 Å². The number of piperidine rings is 1. The Balaban J connectivity index is 1.86. The average molecular weight is 319 g/mol. The molecule has 2 aromatic rings. The third-order valence-electron chi connectivity index (χ3n) is 4.22.